The average Bonchev–Trinajstić information content (AvgIpc) is 2.44. The van der Waals surface area contributed by atoms with Crippen molar-refractivity contribution in [3.63, 3.8) is 0 Å². The Bertz CT molecular complexity index is 379. The van der Waals surface area contributed by atoms with Crippen molar-refractivity contribution in [1.82, 2.24) is 5.06 Å². The smallest absolute Gasteiger partial charge is 0.137 e. The normalized spacial score (nSPS) is 19.1. The van der Waals surface area contributed by atoms with E-state index in [4.69, 9.17) is 4.74 Å². The van der Waals surface area contributed by atoms with Crippen LogP contribution in [0.15, 0.2) is 16.6 Å². The van der Waals surface area contributed by atoms with Crippen molar-refractivity contribution >= 4 is 15.9 Å². The average molecular weight is 272 g/mol. The number of nitrogens with zero attached hydrogens (tertiary/aromatic N) is 1. The van der Waals surface area contributed by atoms with E-state index in [9.17, 15) is 5.21 Å². The van der Waals surface area contributed by atoms with Crippen LogP contribution in [0, 0.1) is 0 Å². The van der Waals surface area contributed by atoms with E-state index < -0.39 is 0 Å². The second-order valence-corrected chi connectivity index (χ2v) is 4.87. The molecule has 1 N–H and O–H groups in total. The van der Waals surface area contributed by atoms with Gasteiger partial charge in [-0.2, -0.15) is 5.06 Å². The van der Waals surface area contributed by atoms with Crippen LogP contribution in [-0.2, 0) is 13.0 Å². The molecule has 0 saturated heterocycles. The summed E-state index contributed by atoms with van der Waals surface area (Å²) < 4.78 is 6.65. The number of hydroxylamine groups is 2. The topological polar surface area (TPSA) is 32.7 Å². The first kappa shape index (κ1) is 10.9. The van der Waals surface area contributed by atoms with Gasteiger partial charge in [-0.25, -0.2) is 0 Å². The third kappa shape index (κ3) is 2.33. The molecular formula is C11H14BrNO2. The van der Waals surface area contributed by atoms with E-state index in [2.05, 4.69) is 28.9 Å². The van der Waals surface area contributed by atoms with Crippen LogP contribution in [0.5, 0.6) is 5.75 Å². The van der Waals surface area contributed by atoms with Crippen molar-refractivity contribution < 1.29 is 9.94 Å². The zero-order chi connectivity index (χ0) is 11.0. The van der Waals surface area contributed by atoms with Crippen molar-refractivity contribution in [2.75, 3.05) is 7.05 Å². The molecule has 1 aliphatic rings. The Balaban J connectivity index is 2.31. The SMILES string of the molecule is CC1Cc2cc(CN(C)O)cc(Br)c2O1. The molecule has 1 aliphatic heterocycles. The lowest BCUT2D eigenvalue weighted by Crippen LogP contribution is -2.11. The molecule has 15 heavy (non-hydrogen) atoms. The minimum absolute atomic E-state index is 0.249. The summed E-state index contributed by atoms with van der Waals surface area (Å²) in [5.74, 6) is 0.951. The van der Waals surface area contributed by atoms with E-state index in [0.29, 0.717) is 6.54 Å². The number of hydrogen-bond donors (Lipinski definition) is 1. The second kappa shape index (κ2) is 4.12. The van der Waals surface area contributed by atoms with Gasteiger partial charge in [0.2, 0.25) is 0 Å². The Morgan fingerprint density at radius 2 is 2.33 bits per heavy atom. The zero-order valence-electron chi connectivity index (χ0n) is 8.83. The molecule has 0 saturated carbocycles. The summed E-state index contributed by atoms with van der Waals surface area (Å²) in [4.78, 5) is 0. The lowest BCUT2D eigenvalue weighted by atomic mass is 10.1. The van der Waals surface area contributed by atoms with Crippen molar-refractivity contribution in [2.24, 2.45) is 0 Å². The number of hydrogen-bond acceptors (Lipinski definition) is 3. The monoisotopic (exact) mass is 271 g/mol. The third-order valence-corrected chi connectivity index (χ3v) is 3.01. The number of benzene rings is 1. The molecular weight excluding hydrogens is 258 g/mol. The predicted octanol–water partition coefficient (Wildman–Crippen LogP) is 2.59. The van der Waals surface area contributed by atoms with Crippen LogP contribution in [0.3, 0.4) is 0 Å². The maximum absolute atomic E-state index is 9.18. The van der Waals surface area contributed by atoms with Gasteiger partial charge in [0, 0.05) is 20.0 Å². The number of rotatable bonds is 2. The highest BCUT2D eigenvalue weighted by atomic mass is 79.9. The number of halogens is 1. The fraction of sp³-hybridized carbons (Fsp3) is 0.455. The maximum Gasteiger partial charge on any atom is 0.137 e. The first-order valence-electron chi connectivity index (χ1n) is 4.94. The van der Waals surface area contributed by atoms with E-state index in [1.54, 1.807) is 7.05 Å². The van der Waals surface area contributed by atoms with Gasteiger partial charge < -0.3 is 9.94 Å². The van der Waals surface area contributed by atoms with E-state index >= 15 is 0 Å². The molecule has 0 radical (unpaired) electrons. The largest absolute Gasteiger partial charge is 0.489 e. The molecule has 0 bridgehead atoms. The molecule has 1 aromatic rings. The first-order chi connectivity index (χ1) is 7.06. The van der Waals surface area contributed by atoms with E-state index in [0.717, 1.165) is 22.2 Å². The van der Waals surface area contributed by atoms with Gasteiger partial charge in [0.1, 0.15) is 11.9 Å². The van der Waals surface area contributed by atoms with Gasteiger partial charge in [-0.05, 0) is 40.0 Å². The van der Waals surface area contributed by atoms with E-state index in [-0.39, 0.29) is 6.10 Å². The summed E-state index contributed by atoms with van der Waals surface area (Å²) in [6.45, 7) is 2.59. The van der Waals surface area contributed by atoms with Crippen molar-refractivity contribution in [3.05, 3.63) is 27.7 Å². The van der Waals surface area contributed by atoms with Crippen molar-refractivity contribution in [1.29, 1.82) is 0 Å². The van der Waals surface area contributed by atoms with Gasteiger partial charge in [-0.1, -0.05) is 6.07 Å². The quantitative estimate of drug-likeness (QED) is 0.840. The summed E-state index contributed by atoms with van der Waals surface area (Å²) in [7, 11) is 1.64. The van der Waals surface area contributed by atoms with Crippen LogP contribution in [0.4, 0.5) is 0 Å². The van der Waals surface area contributed by atoms with Crippen LogP contribution >= 0.6 is 15.9 Å². The standard InChI is InChI=1S/C11H14BrNO2/c1-7-3-9-4-8(6-13(2)14)5-10(12)11(9)15-7/h4-5,7,14H,3,6H2,1-2H3. The lowest BCUT2D eigenvalue weighted by Gasteiger charge is -2.10. The number of fused-ring (bicyclic) bond motifs is 1. The Hall–Kier alpha value is -0.580. The van der Waals surface area contributed by atoms with E-state index in [1.165, 1.54) is 10.6 Å². The molecule has 3 nitrogen and oxygen atoms in total. The van der Waals surface area contributed by atoms with Gasteiger partial charge in [0.25, 0.3) is 0 Å². The van der Waals surface area contributed by atoms with Gasteiger partial charge in [-0.3, -0.25) is 0 Å². The summed E-state index contributed by atoms with van der Waals surface area (Å²) in [6.07, 6.45) is 1.19. The van der Waals surface area contributed by atoms with Gasteiger partial charge in [0.15, 0.2) is 0 Å². The Labute approximate surface area is 97.7 Å². The molecule has 82 valence electrons. The van der Waals surface area contributed by atoms with Gasteiger partial charge in [-0.15, -0.1) is 0 Å². The van der Waals surface area contributed by atoms with Crippen molar-refractivity contribution in [2.45, 2.75) is 26.0 Å². The fourth-order valence-corrected chi connectivity index (χ4v) is 2.55. The van der Waals surface area contributed by atoms with Crippen molar-refractivity contribution in [3.8, 4) is 5.75 Å². The Morgan fingerprint density at radius 1 is 1.60 bits per heavy atom. The summed E-state index contributed by atoms with van der Waals surface area (Å²) in [5, 5.41) is 10.4. The highest BCUT2D eigenvalue weighted by Gasteiger charge is 2.22. The zero-order valence-corrected chi connectivity index (χ0v) is 10.4. The highest BCUT2D eigenvalue weighted by Crippen LogP contribution is 2.37. The molecule has 0 aromatic heterocycles. The third-order valence-electron chi connectivity index (χ3n) is 2.42. The fourth-order valence-electron chi connectivity index (χ4n) is 1.90. The summed E-state index contributed by atoms with van der Waals surface area (Å²) in [5.41, 5.74) is 2.30. The molecule has 0 fully saturated rings. The molecule has 1 aromatic carbocycles. The van der Waals surface area contributed by atoms with Crippen LogP contribution in [0.2, 0.25) is 0 Å². The van der Waals surface area contributed by atoms with Gasteiger partial charge >= 0.3 is 0 Å². The molecule has 0 spiro atoms. The molecule has 2 rings (SSSR count). The van der Waals surface area contributed by atoms with Gasteiger partial charge in [0.05, 0.1) is 4.47 Å². The minimum atomic E-state index is 0.249. The molecule has 0 amide bonds. The first-order valence-corrected chi connectivity index (χ1v) is 5.73. The second-order valence-electron chi connectivity index (χ2n) is 4.01. The molecule has 0 aliphatic carbocycles. The van der Waals surface area contributed by atoms with Crippen LogP contribution < -0.4 is 4.74 Å². The molecule has 1 atom stereocenters. The number of ether oxygens (including phenoxy) is 1. The van der Waals surface area contributed by atoms with Crippen LogP contribution in [0.25, 0.3) is 0 Å². The molecule has 4 heteroatoms. The van der Waals surface area contributed by atoms with Crippen LogP contribution in [-0.4, -0.2) is 23.4 Å². The maximum atomic E-state index is 9.18. The van der Waals surface area contributed by atoms with E-state index in [1.807, 2.05) is 6.07 Å². The summed E-state index contributed by atoms with van der Waals surface area (Å²) in [6, 6.07) is 4.08. The Morgan fingerprint density at radius 3 is 3.00 bits per heavy atom. The summed E-state index contributed by atoms with van der Waals surface area (Å²) >= 11 is 3.49. The minimum Gasteiger partial charge on any atom is -0.489 e. The highest BCUT2D eigenvalue weighted by molar-refractivity contribution is 9.10. The lowest BCUT2D eigenvalue weighted by molar-refractivity contribution is -0.0731. The molecule has 1 unspecified atom stereocenters. The van der Waals surface area contributed by atoms with Crippen LogP contribution in [0.1, 0.15) is 18.1 Å². The molecule has 1 heterocycles. The predicted molar refractivity (Wildman–Crippen MR) is 61.2 cm³/mol. The Kier molecular flexibility index (Phi) is 3.00.